The van der Waals surface area contributed by atoms with Crippen molar-refractivity contribution in [1.29, 1.82) is 0 Å². The number of hydrogen-bond donors (Lipinski definition) is 1. The molecule has 128 valence electrons. The predicted octanol–water partition coefficient (Wildman–Crippen LogP) is 3.28. The van der Waals surface area contributed by atoms with Gasteiger partial charge in [0.25, 0.3) is 0 Å². The summed E-state index contributed by atoms with van der Waals surface area (Å²) in [5.74, 6) is 0.164. The van der Waals surface area contributed by atoms with Crippen LogP contribution in [0.15, 0.2) is 46.0 Å². The molecule has 1 amide bonds. The van der Waals surface area contributed by atoms with E-state index < -0.39 is 5.82 Å². The molecule has 0 unspecified atom stereocenters. The van der Waals surface area contributed by atoms with E-state index in [9.17, 15) is 9.18 Å². The molecule has 0 spiro atoms. The number of amidine groups is 1. The standard InChI is InChI=1S/C16H17ClFN3O2S/c1-21(9-12-13(17)5-2-6-14(12)18)15(22)10-24-16(19)20-8-11-4-3-7-23-11/h2-7H,8-10H2,1H3,(H2,19,20). The van der Waals surface area contributed by atoms with Crippen LogP contribution in [0, 0.1) is 5.82 Å². The average molecular weight is 370 g/mol. The van der Waals surface area contributed by atoms with Gasteiger partial charge in [0.05, 0.1) is 18.6 Å². The quantitative estimate of drug-likeness (QED) is 0.626. The van der Waals surface area contributed by atoms with Gasteiger partial charge in [0.1, 0.15) is 11.6 Å². The molecule has 0 fully saturated rings. The molecule has 24 heavy (non-hydrogen) atoms. The van der Waals surface area contributed by atoms with Gasteiger partial charge in [-0.3, -0.25) is 9.79 Å². The van der Waals surface area contributed by atoms with Crippen LogP contribution in [0.2, 0.25) is 5.02 Å². The van der Waals surface area contributed by atoms with Crippen molar-refractivity contribution in [3.8, 4) is 0 Å². The lowest BCUT2D eigenvalue weighted by molar-refractivity contribution is -0.127. The van der Waals surface area contributed by atoms with Crippen LogP contribution < -0.4 is 5.73 Å². The van der Waals surface area contributed by atoms with E-state index in [1.165, 1.54) is 17.0 Å². The number of furan rings is 1. The van der Waals surface area contributed by atoms with Gasteiger partial charge >= 0.3 is 0 Å². The second-order valence-electron chi connectivity index (χ2n) is 4.97. The fraction of sp³-hybridized carbons (Fsp3) is 0.250. The molecule has 0 aliphatic rings. The van der Waals surface area contributed by atoms with Gasteiger partial charge in [-0.25, -0.2) is 4.39 Å². The Kier molecular flexibility index (Phi) is 6.69. The molecular weight excluding hydrogens is 353 g/mol. The number of carbonyl (C=O) groups excluding carboxylic acids is 1. The molecule has 8 heteroatoms. The monoisotopic (exact) mass is 369 g/mol. The zero-order chi connectivity index (χ0) is 17.5. The largest absolute Gasteiger partial charge is 0.467 e. The van der Waals surface area contributed by atoms with Crippen molar-refractivity contribution in [3.05, 3.63) is 58.8 Å². The highest BCUT2D eigenvalue weighted by atomic mass is 35.5. The Morgan fingerprint density at radius 3 is 2.88 bits per heavy atom. The molecule has 0 aliphatic carbocycles. The minimum atomic E-state index is -0.436. The van der Waals surface area contributed by atoms with Gasteiger partial charge in [-0.2, -0.15) is 0 Å². The summed E-state index contributed by atoms with van der Waals surface area (Å²) in [5, 5.41) is 0.582. The van der Waals surface area contributed by atoms with Crippen molar-refractivity contribution in [3.63, 3.8) is 0 Å². The Morgan fingerprint density at radius 1 is 1.42 bits per heavy atom. The third-order valence-corrected chi connectivity index (χ3v) is 4.37. The molecule has 1 aromatic heterocycles. The maximum absolute atomic E-state index is 13.7. The predicted molar refractivity (Wildman–Crippen MR) is 94.4 cm³/mol. The molecule has 2 N–H and O–H groups in total. The zero-order valence-electron chi connectivity index (χ0n) is 13.0. The van der Waals surface area contributed by atoms with E-state index in [4.69, 9.17) is 21.8 Å². The Bertz CT molecular complexity index is 702. The Hall–Kier alpha value is -1.99. The smallest absolute Gasteiger partial charge is 0.233 e. The third kappa shape index (κ3) is 5.28. The number of thioether (sulfide) groups is 1. The highest BCUT2D eigenvalue weighted by molar-refractivity contribution is 8.14. The van der Waals surface area contributed by atoms with Crippen LogP contribution in [0.5, 0.6) is 0 Å². The second-order valence-corrected chi connectivity index (χ2v) is 6.38. The summed E-state index contributed by atoms with van der Waals surface area (Å²) >= 11 is 7.09. The van der Waals surface area contributed by atoms with Crippen LogP contribution in [-0.2, 0) is 17.9 Å². The number of halogens is 2. The molecule has 0 saturated carbocycles. The average Bonchev–Trinajstić information content (AvgIpc) is 3.07. The van der Waals surface area contributed by atoms with Crippen molar-refractivity contribution >= 4 is 34.4 Å². The first-order chi connectivity index (χ1) is 11.5. The van der Waals surface area contributed by atoms with Crippen molar-refractivity contribution < 1.29 is 13.6 Å². The number of rotatable bonds is 6. The topological polar surface area (TPSA) is 71.8 Å². The molecule has 2 aromatic rings. The third-order valence-electron chi connectivity index (χ3n) is 3.20. The van der Waals surface area contributed by atoms with Gasteiger partial charge < -0.3 is 15.1 Å². The zero-order valence-corrected chi connectivity index (χ0v) is 14.6. The maximum atomic E-state index is 13.7. The van der Waals surface area contributed by atoms with Gasteiger partial charge in [-0.05, 0) is 24.3 Å². The Morgan fingerprint density at radius 2 is 2.21 bits per heavy atom. The number of nitrogens with zero attached hydrogens (tertiary/aromatic N) is 2. The van der Waals surface area contributed by atoms with Crippen LogP contribution >= 0.6 is 23.4 Å². The fourth-order valence-corrected chi connectivity index (χ4v) is 2.73. The van der Waals surface area contributed by atoms with E-state index in [0.29, 0.717) is 22.9 Å². The first-order valence-electron chi connectivity index (χ1n) is 7.09. The first kappa shape index (κ1) is 18.4. The molecule has 0 aliphatic heterocycles. The minimum Gasteiger partial charge on any atom is -0.467 e. The molecule has 0 saturated heterocycles. The lowest BCUT2D eigenvalue weighted by Gasteiger charge is -2.18. The Balaban J connectivity index is 1.84. The van der Waals surface area contributed by atoms with Gasteiger partial charge in [-0.15, -0.1) is 0 Å². The van der Waals surface area contributed by atoms with Crippen molar-refractivity contribution in [2.45, 2.75) is 13.1 Å². The van der Waals surface area contributed by atoms with E-state index in [1.807, 2.05) is 0 Å². The minimum absolute atomic E-state index is 0.0916. The van der Waals surface area contributed by atoms with Crippen LogP contribution in [0.3, 0.4) is 0 Å². The molecule has 5 nitrogen and oxygen atoms in total. The summed E-state index contributed by atoms with van der Waals surface area (Å²) in [7, 11) is 1.59. The fourth-order valence-electron chi connectivity index (χ4n) is 1.86. The van der Waals surface area contributed by atoms with Gasteiger partial charge in [-0.1, -0.05) is 29.4 Å². The molecule has 1 aromatic carbocycles. The molecule has 0 radical (unpaired) electrons. The van der Waals surface area contributed by atoms with Gasteiger partial charge in [0.2, 0.25) is 5.91 Å². The number of benzene rings is 1. The summed E-state index contributed by atoms with van der Waals surface area (Å²) in [6, 6.07) is 7.98. The number of carbonyl (C=O) groups is 1. The highest BCUT2D eigenvalue weighted by Crippen LogP contribution is 2.20. The van der Waals surface area contributed by atoms with Crippen molar-refractivity contribution in [1.82, 2.24) is 4.90 Å². The Labute approximate surface area is 148 Å². The summed E-state index contributed by atoms with van der Waals surface area (Å²) in [6.45, 7) is 0.412. The molecule has 0 atom stereocenters. The normalized spacial score (nSPS) is 11.5. The van der Waals surface area contributed by atoms with E-state index in [-0.39, 0.29) is 23.4 Å². The molecular formula is C16H17ClFN3O2S. The maximum Gasteiger partial charge on any atom is 0.233 e. The van der Waals surface area contributed by atoms with Crippen LogP contribution in [-0.4, -0.2) is 28.8 Å². The SMILES string of the molecule is CN(Cc1c(F)cccc1Cl)C(=O)CSC(N)=NCc1ccco1. The van der Waals surface area contributed by atoms with E-state index >= 15 is 0 Å². The highest BCUT2D eigenvalue weighted by Gasteiger charge is 2.14. The number of amides is 1. The van der Waals surface area contributed by atoms with Crippen molar-refractivity contribution in [2.75, 3.05) is 12.8 Å². The summed E-state index contributed by atoms with van der Waals surface area (Å²) in [5.41, 5.74) is 6.05. The van der Waals surface area contributed by atoms with Crippen LogP contribution in [0.25, 0.3) is 0 Å². The van der Waals surface area contributed by atoms with Crippen LogP contribution in [0.4, 0.5) is 4.39 Å². The summed E-state index contributed by atoms with van der Waals surface area (Å²) in [6.07, 6.45) is 1.56. The summed E-state index contributed by atoms with van der Waals surface area (Å²) in [4.78, 5) is 17.6. The molecule has 0 bridgehead atoms. The number of aliphatic imine (C=N–C) groups is 1. The van der Waals surface area contributed by atoms with Gasteiger partial charge in [0, 0.05) is 24.2 Å². The number of nitrogens with two attached hydrogens (primary N) is 1. The summed E-state index contributed by atoms with van der Waals surface area (Å²) < 4.78 is 18.9. The lowest BCUT2D eigenvalue weighted by atomic mass is 10.2. The van der Waals surface area contributed by atoms with Crippen molar-refractivity contribution in [2.24, 2.45) is 10.7 Å². The lowest BCUT2D eigenvalue weighted by Crippen LogP contribution is -2.29. The van der Waals surface area contributed by atoms with E-state index in [2.05, 4.69) is 4.99 Å². The van der Waals surface area contributed by atoms with Gasteiger partial charge in [0.15, 0.2) is 5.17 Å². The first-order valence-corrected chi connectivity index (χ1v) is 8.45. The van der Waals surface area contributed by atoms with Crippen LogP contribution in [0.1, 0.15) is 11.3 Å². The van der Waals surface area contributed by atoms with E-state index in [0.717, 1.165) is 11.8 Å². The molecule has 2 rings (SSSR count). The van der Waals surface area contributed by atoms with E-state index in [1.54, 1.807) is 31.5 Å². The molecule has 1 heterocycles. The number of hydrogen-bond acceptors (Lipinski definition) is 4. The second kappa shape index (κ2) is 8.75.